The normalized spacial score (nSPS) is 18.6. The number of nitrogens with one attached hydrogen (secondary N) is 1. The standard InChI is InChI=1S/C18H21BrN2O3S2/c1-13-11-14(19)7-8-16(13)20-17(22)12-15-5-2-3-9-21(15)26(23,24)18-6-4-10-25-18/h4,6-8,10-11,15H,2-3,5,9,12H2,1H3,(H,20,22)/t15-/m0/s1. The Bertz CT molecular complexity index is 882. The predicted octanol–water partition coefficient (Wildman–Crippen LogP) is 4.39. The Kier molecular flexibility index (Phi) is 6.17. The first-order chi connectivity index (χ1) is 12.4. The molecule has 0 aliphatic carbocycles. The highest BCUT2D eigenvalue weighted by molar-refractivity contribution is 9.10. The van der Waals surface area contributed by atoms with Gasteiger partial charge in [0.2, 0.25) is 5.91 Å². The van der Waals surface area contributed by atoms with Crippen LogP contribution < -0.4 is 5.32 Å². The number of rotatable bonds is 5. The molecule has 0 radical (unpaired) electrons. The van der Waals surface area contributed by atoms with Gasteiger partial charge in [-0.05, 0) is 55.0 Å². The monoisotopic (exact) mass is 456 g/mol. The predicted molar refractivity (Wildman–Crippen MR) is 108 cm³/mol. The zero-order chi connectivity index (χ0) is 18.7. The number of nitrogens with zero attached hydrogens (tertiary/aromatic N) is 1. The molecular formula is C18H21BrN2O3S2. The van der Waals surface area contributed by atoms with Crippen molar-refractivity contribution in [2.75, 3.05) is 11.9 Å². The van der Waals surface area contributed by atoms with Crippen LogP contribution in [0.15, 0.2) is 44.4 Å². The Labute approximate surface area is 166 Å². The largest absolute Gasteiger partial charge is 0.326 e. The van der Waals surface area contributed by atoms with Crippen LogP contribution in [0.25, 0.3) is 0 Å². The van der Waals surface area contributed by atoms with E-state index in [1.165, 1.54) is 15.6 Å². The number of hydrogen-bond donors (Lipinski definition) is 1. The van der Waals surface area contributed by atoms with E-state index in [2.05, 4.69) is 21.2 Å². The van der Waals surface area contributed by atoms with Crippen molar-refractivity contribution in [3.05, 3.63) is 45.7 Å². The number of benzene rings is 1. The van der Waals surface area contributed by atoms with Crippen LogP contribution in [-0.2, 0) is 14.8 Å². The van der Waals surface area contributed by atoms with E-state index in [0.29, 0.717) is 17.2 Å². The van der Waals surface area contributed by atoms with Crippen LogP contribution in [0.4, 0.5) is 5.69 Å². The Morgan fingerprint density at radius 3 is 2.85 bits per heavy atom. The van der Waals surface area contributed by atoms with Crippen LogP contribution in [0.5, 0.6) is 0 Å². The Hall–Kier alpha value is -1.22. The van der Waals surface area contributed by atoms with Gasteiger partial charge < -0.3 is 5.32 Å². The highest BCUT2D eigenvalue weighted by Crippen LogP contribution is 2.29. The topological polar surface area (TPSA) is 66.5 Å². The lowest BCUT2D eigenvalue weighted by Gasteiger charge is -2.34. The van der Waals surface area contributed by atoms with E-state index in [1.54, 1.807) is 17.5 Å². The third kappa shape index (κ3) is 4.36. The number of anilines is 1. The van der Waals surface area contributed by atoms with Crippen LogP contribution >= 0.6 is 27.3 Å². The van der Waals surface area contributed by atoms with Crippen molar-refractivity contribution < 1.29 is 13.2 Å². The van der Waals surface area contributed by atoms with Crippen molar-refractivity contribution >= 4 is 48.9 Å². The summed E-state index contributed by atoms with van der Waals surface area (Å²) in [7, 11) is -3.53. The molecule has 3 rings (SSSR count). The van der Waals surface area contributed by atoms with Crippen LogP contribution in [0.2, 0.25) is 0 Å². The molecule has 1 saturated heterocycles. The molecule has 1 aromatic carbocycles. The van der Waals surface area contributed by atoms with Gasteiger partial charge in [-0.25, -0.2) is 8.42 Å². The van der Waals surface area contributed by atoms with Gasteiger partial charge in [0.25, 0.3) is 10.0 Å². The molecule has 0 unspecified atom stereocenters. The minimum atomic E-state index is -3.53. The fraction of sp³-hybridized carbons (Fsp3) is 0.389. The van der Waals surface area contributed by atoms with Gasteiger partial charge in [-0.2, -0.15) is 4.31 Å². The molecule has 1 aliphatic rings. The van der Waals surface area contributed by atoms with Gasteiger partial charge in [0.15, 0.2) is 0 Å². The molecule has 0 saturated carbocycles. The van der Waals surface area contributed by atoms with Crippen LogP contribution in [-0.4, -0.2) is 31.2 Å². The van der Waals surface area contributed by atoms with Crippen LogP contribution in [0.3, 0.4) is 0 Å². The molecule has 5 nitrogen and oxygen atoms in total. The number of thiophene rings is 1. The molecule has 1 aromatic heterocycles. The molecule has 1 fully saturated rings. The summed E-state index contributed by atoms with van der Waals surface area (Å²) in [6.07, 6.45) is 2.64. The number of halogens is 1. The summed E-state index contributed by atoms with van der Waals surface area (Å²) in [4.78, 5) is 12.5. The lowest BCUT2D eigenvalue weighted by atomic mass is 10.0. The third-order valence-electron chi connectivity index (χ3n) is 4.51. The Balaban J connectivity index is 1.73. The first-order valence-corrected chi connectivity index (χ1v) is 11.6. The smallest absolute Gasteiger partial charge is 0.252 e. The quantitative estimate of drug-likeness (QED) is 0.724. The van der Waals surface area contributed by atoms with E-state index in [4.69, 9.17) is 0 Å². The lowest BCUT2D eigenvalue weighted by Crippen LogP contribution is -2.45. The number of piperidine rings is 1. The summed E-state index contributed by atoms with van der Waals surface area (Å²) in [6, 6.07) is 8.71. The summed E-state index contributed by atoms with van der Waals surface area (Å²) >= 11 is 4.62. The summed E-state index contributed by atoms with van der Waals surface area (Å²) in [5.74, 6) is -0.159. The molecule has 2 aromatic rings. The van der Waals surface area contributed by atoms with Crippen LogP contribution in [0, 0.1) is 6.92 Å². The summed E-state index contributed by atoms with van der Waals surface area (Å²) < 4.78 is 28.6. The molecule has 1 N–H and O–H groups in total. The van der Waals surface area contributed by atoms with Gasteiger partial charge in [0, 0.05) is 29.2 Å². The van der Waals surface area contributed by atoms with E-state index in [-0.39, 0.29) is 18.4 Å². The van der Waals surface area contributed by atoms with Crippen molar-refractivity contribution in [3.63, 3.8) is 0 Å². The second-order valence-corrected chi connectivity index (χ2v) is 10.4. The number of hydrogen-bond acceptors (Lipinski definition) is 4. The van der Waals surface area contributed by atoms with Gasteiger partial charge in [-0.3, -0.25) is 4.79 Å². The van der Waals surface area contributed by atoms with Crippen molar-refractivity contribution in [2.45, 2.75) is 42.9 Å². The van der Waals surface area contributed by atoms with E-state index >= 15 is 0 Å². The fourth-order valence-corrected chi connectivity index (χ4v) is 6.49. The maximum absolute atomic E-state index is 12.9. The van der Waals surface area contributed by atoms with Crippen molar-refractivity contribution in [1.82, 2.24) is 4.31 Å². The van der Waals surface area contributed by atoms with Gasteiger partial charge in [0.1, 0.15) is 4.21 Å². The van der Waals surface area contributed by atoms with Gasteiger partial charge in [-0.1, -0.05) is 28.4 Å². The first kappa shape index (κ1) is 19.5. The molecule has 1 aliphatic heterocycles. The number of amides is 1. The first-order valence-electron chi connectivity index (χ1n) is 8.49. The number of aryl methyl sites for hydroxylation is 1. The van der Waals surface area contributed by atoms with Gasteiger partial charge >= 0.3 is 0 Å². The second-order valence-electron chi connectivity index (χ2n) is 6.41. The summed E-state index contributed by atoms with van der Waals surface area (Å²) in [6.45, 7) is 2.39. The number of carbonyl (C=O) groups is 1. The average Bonchev–Trinajstić information content (AvgIpc) is 3.13. The van der Waals surface area contributed by atoms with Crippen molar-refractivity contribution in [2.24, 2.45) is 0 Å². The summed E-state index contributed by atoms with van der Waals surface area (Å²) in [5, 5.41) is 4.67. The highest BCUT2D eigenvalue weighted by Gasteiger charge is 2.35. The highest BCUT2D eigenvalue weighted by atomic mass is 79.9. The maximum atomic E-state index is 12.9. The Morgan fingerprint density at radius 1 is 1.35 bits per heavy atom. The molecule has 0 spiro atoms. The molecule has 26 heavy (non-hydrogen) atoms. The fourth-order valence-electron chi connectivity index (χ4n) is 3.20. The molecule has 8 heteroatoms. The molecule has 140 valence electrons. The molecule has 1 atom stereocenters. The number of carbonyl (C=O) groups excluding carboxylic acids is 1. The van der Waals surface area contributed by atoms with E-state index in [0.717, 1.165) is 28.6 Å². The summed E-state index contributed by atoms with van der Waals surface area (Å²) in [5.41, 5.74) is 1.71. The second kappa shape index (κ2) is 8.21. The van der Waals surface area contributed by atoms with Gasteiger partial charge in [0.05, 0.1) is 0 Å². The number of sulfonamides is 1. The molecule has 1 amide bonds. The SMILES string of the molecule is Cc1cc(Br)ccc1NC(=O)C[C@@H]1CCCCN1S(=O)(=O)c1cccs1. The van der Waals surface area contributed by atoms with E-state index in [9.17, 15) is 13.2 Å². The Morgan fingerprint density at radius 2 is 2.15 bits per heavy atom. The van der Waals surface area contributed by atoms with Crippen LogP contribution in [0.1, 0.15) is 31.2 Å². The molecule has 2 heterocycles. The minimum Gasteiger partial charge on any atom is -0.326 e. The van der Waals surface area contributed by atoms with E-state index in [1.807, 2.05) is 25.1 Å². The zero-order valence-electron chi connectivity index (χ0n) is 14.4. The lowest BCUT2D eigenvalue weighted by molar-refractivity contribution is -0.117. The van der Waals surface area contributed by atoms with Gasteiger partial charge in [-0.15, -0.1) is 11.3 Å². The third-order valence-corrected chi connectivity index (χ3v) is 8.33. The van der Waals surface area contributed by atoms with E-state index < -0.39 is 10.0 Å². The average molecular weight is 457 g/mol. The molecular weight excluding hydrogens is 436 g/mol. The molecule has 0 bridgehead atoms. The zero-order valence-corrected chi connectivity index (χ0v) is 17.7. The minimum absolute atomic E-state index is 0.159. The maximum Gasteiger partial charge on any atom is 0.252 e. The van der Waals surface area contributed by atoms with Crippen molar-refractivity contribution in [3.8, 4) is 0 Å². The van der Waals surface area contributed by atoms with Crippen molar-refractivity contribution in [1.29, 1.82) is 0 Å².